The van der Waals surface area contributed by atoms with Crippen molar-refractivity contribution >= 4 is 57.9 Å². The van der Waals surface area contributed by atoms with Crippen molar-refractivity contribution in [2.75, 3.05) is 25.5 Å². The molecule has 204 valence electrons. The van der Waals surface area contributed by atoms with Crippen molar-refractivity contribution in [2.24, 2.45) is 5.10 Å². The summed E-state index contributed by atoms with van der Waals surface area (Å²) in [6, 6.07) is 8.25. The van der Waals surface area contributed by atoms with Gasteiger partial charge in [0.05, 0.1) is 34.4 Å². The van der Waals surface area contributed by atoms with Crippen LogP contribution < -0.4 is 10.7 Å². The van der Waals surface area contributed by atoms with E-state index in [1.807, 2.05) is 0 Å². The lowest BCUT2D eigenvalue weighted by atomic mass is 10.0. The molecular weight excluding hydrogens is 567 g/mol. The van der Waals surface area contributed by atoms with E-state index >= 15 is 0 Å². The van der Waals surface area contributed by atoms with Gasteiger partial charge in [0.15, 0.2) is 0 Å². The van der Waals surface area contributed by atoms with Gasteiger partial charge < -0.3 is 24.4 Å². The summed E-state index contributed by atoms with van der Waals surface area (Å²) in [5.41, 5.74) is 4.27. The molecule has 2 aromatic rings. The zero-order chi connectivity index (χ0) is 27.7. The molecule has 14 heteroatoms. The van der Waals surface area contributed by atoms with Crippen LogP contribution in [0.2, 0.25) is 10.0 Å². The lowest BCUT2D eigenvalue weighted by molar-refractivity contribution is -0.113. The third-order valence-corrected chi connectivity index (χ3v) is 7.40. The van der Waals surface area contributed by atoms with Gasteiger partial charge in [-0.05, 0) is 49.2 Å². The highest BCUT2D eigenvalue weighted by Gasteiger charge is 2.36. The van der Waals surface area contributed by atoms with E-state index in [4.69, 9.17) is 27.4 Å². The number of anilines is 1. The molecule has 3 aliphatic rings. The van der Waals surface area contributed by atoms with Gasteiger partial charge in [-0.2, -0.15) is 5.10 Å². The molecule has 1 aromatic heterocycles. The Morgan fingerprint density at radius 3 is 2.77 bits per heavy atom. The minimum absolute atomic E-state index is 0.0483. The van der Waals surface area contributed by atoms with Crippen molar-refractivity contribution in [3.8, 4) is 0 Å². The number of amidine groups is 1. The molecule has 2 atom stereocenters. The second kappa shape index (κ2) is 11.3. The minimum Gasteiger partial charge on any atom is -0.740 e. The highest BCUT2D eigenvalue weighted by atomic mass is 35.5. The van der Waals surface area contributed by atoms with Crippen LogP contribution in [0.15, 0.2) is 65.2 Å². The summed E-state index contributed by atoms with van der Waals surface area (Å²) in [7, 11) is 1.72. The molecule has 0 saturated heterocycles. The van der Waals surface area contributed by atoms with Crippen LogP contribution in [0.5, 0.6) is 0 Å². The van der Waals surface area contributed by atoms with Crippen LogP contribution in [-0.4, -0.2) is 67.4 Å². The molecule has 11 nitrogen and oxygen atoms in total. The number of carbonyl (C=O) groups is 2. The molecule has 2 N–H and O–H groups in total. The number of rotatable bonds is 7. The van der Waals surface area contributed by atoms with Crippen molar-refractivity contribution < 1.29 is 22.5 Å². The van der Waals surface area contributed by atoms with Gasteiger partial charge in [0.1, 0.15) is 17.2 Å². The molecule has 0 spiro atoms. The number of nitrogens with zero attached hydrogens (tertiary/aromatic N) is 4. The number of hydrogen-bond acceptors (Lipinski definition) is 9. The number of nitrogens with one attached hydrogen (secondary N) is 2. The average Bonchev–Trinajstić information content (AvgIpc) is 3.66. The Bertz CT molecular complexity index is 1440. The third kappa shape index (κ3) is 5.93. The summed E-state index contributed by atoms with van der Waals surface area (Å²) in [6.07, 6.45) is 6.27. The minimum atomic E-state index is -2.87. The maximum Gasteiger partial charge on any atom is 0.256 e. The summed E-state index contributed by atoms with van der Waals surface area (Å²) in [5.74, 6) is -0.855. The largest absolute Gasteiger partial charge is 0.740 e. The first kappa shape index (κ1) is 27.1. The fourth-order valence-electron chi connectivity index (χ4n) is 4.38. The molecule has 3 heterocycles. The number of halogens is 2. The molecule has 2 amide bonds. The second-order valence-electron chi connectivity index (χ2n) is 9.12. The fourth-order valence-corrected chi connectivity index (χ4v) is 5.09. The van der Waals surface area contributed by atoms with E-state index in [1.165, 1.54) is 23.1 Å². The quantitative estimate of drug-likeness (QED) is 0.469. The lowest BCUT2D eigenvalue weighted by Gasteiger charge is -2.31. The van der Waals surface area contributed by atoms with Crippen LogP contribution in [0.4, 0.5) is 5.69 Å². The number of carbonyl (C=O) groups excluding carboxylic acids is 2. The van der Waals surface area contributed by atoms with Crippen LogP contribution in [0.25, 0.3) is 0 Å². The zero-order valence-corrected chi connectivity index (χ0v) is 22.9. The second-order valence-corrected chi connectivity index (χ2v) is 10.5. The topological polar surface area (TPSA) is 139 Å². The van der Waals surface area contributed by atoms with Crippen molar-refractivity contribution in [3.63, 3.8) is 0 Å². The van der Waals surface area contributed by atoms with Gasteiger partial charge >= 0.3 is 0 Å². The number of hydrogen-bond donors (Lipinski definition) is 2. The molecule has 1 aromatic carbocycles. The standard InChI is InChI=1S/C25H24Cl2N6O5S/c1-32(16-6-7-16)25(35)17-11-15(26)5-8-20(17)30-24(34)14-4-9-21(38-39(36)37)33(13-14)23-18(12-29-31-23)22-19(27)3-2-10-28-22/h2-5,8-11,16,18,29H,6-7,12-13H2,1H3,(H,30,34)(H,36,37)/p-1. The van der Waals surface area contributed by atoms with E-state index in [9.17, 15) is 18.4 Å². The van der Waals surface area contributed by atoms with Crippen LogP contribution in [0, 0.1) is 0 Å². The molecule has 0 bridgehead atoms. The van der Waals surface area contributed by atoms with Gasteiger partial charge in [-0.15, -0.1) is 0 Å². The van der Waals surface area contributed by atoms with Crippen LogP contribution in [0.3, 0.4) is 0 Å². The number of benzene rings is 1. The Labute approximate surface area is 237 Å². The molecule has 2 aliphatic heterocycles. The number of pyridine rings is 1. The van der Waals surface area contributed by atoms with E-state index in [-0.39, 0.29) is 35.5 Å². The normalized spacial score (nSPS) is 19.3. The molecule has 1 aliphatic carbocycles. The van der Waals surface area contributed by atoms with Crippen LogP contribution >= 0.6 is 23.2 Å². The molecule has 39 heavy (non-hydrogen) atoms. The molecule has 5 rings (SSSR count). The van der Waals surface area contributed by atoms with Gasteiger partial charge in [0.25, 0.3) is 11.8 Å². The van der Waals surface area contributed by atoms with Crippen molar-refractivity contribution in [1.82, 2.24) is 20.2 Å². The summed E-state index contributed by atoms with van der Waals surface area (Å²) in [6.45, 7) is 0.279. The fraction of sp³-hybridized carbons (Fsp3) is 0.280. The lowest BCUT2D eigenvalue weighted by Crippen LogP contribution is -2.40. The zero-order valence-electron chi connectivity index (χ0n) is 20.6. The van der Waals surface area contributed by atoms with Crippen molar-refractivity contribution in [2.45, 2.75) is 24.8 Å². The van der Waals surface area contributed by atoms with Gasteiger partial charge in [-0.25, -0.2) is 4.21 Å². The molecule has 2 unspecified atom stereocenters. The summed E-state index contributed by atoms with van der Waals surface area (Å²) in [5, 5.41) is 7.91. The van der Waals surface area contributed by atoms with E-state index < -0.39 is 23.2 Å². The Morgan fingerprint density at radius 1 is 1.26 bits per heavy atom. The molecule has 1 saturated carbocycles. The van der Waals surface area contributed by atoms with Gasteiger partial charge in [0, 0.05) is 42.5 Å². The predicted octanol–water partition coefficient (Wildman–Crippen LogP) is 3.16. The molecule has 0 radical (unpaired) electrons. The first-order chi connectivity index (χ1) is 18.7. The van der Waals surface area contributed by atoms with Crippen molar-refractivity contribution in [3.05, 3.63) is 81.4 Å². The van der Waals surface area contributed by atoms with Crippen LogP contribution in [0.1, 0.15) is 34.8 Å². The Hall–Kier alpha value is -3.45. The monoisotopic (exact) mass is 589 g/mol. The number of amides is 2. The average molecular weight is 590 g/mol. The van der Waals surface area contributed by atoms with E-state index in [0.29, 0.717) is 33.8 Å². The summed E-state index contributed by atoms with van der Waals surface area (Å²) < 4.78 is 27.8. The number of hydrazone groups is 1. The number of aromatic nitrogens is 1. The van der Waals surface area contributed by atoms with Crippen molar-refractivity contribution in [1.29, 1.82) is 0 Å². The maximum atomic E-state index is 13.4. The smallest absolute Gasteiger partial charge is 0.256 e. The van der Waals surface area contributed by atoms with Gasteiger partial charge in [-0.3, -0.25) is 19.5 Å². The van der Waals surface area contributed by atoms with E-state index in [1.54, 1.807) is 42.4 Å². The van der Waals surface area contributed by atoms with E-state index in [0.717, 1.165) is 12.8 Å². The SMILES string of the molecule is CN(C(=O)c1cc(Cl)ccc1NC(=O)C1=CC=C(OS(=O)[O-])N(C2=NNCC2c2ncccc2Cl)C1)C1CC1. The Kier molecular flexibility index (Phi) is 7.89. The highest BCUT2D eigenvalue weighted by Crippen LogP contribution is 2.32. The molecular formula is C25H23Cl2N6O5S-. The first-order valence-electron chi connectivity index (χ1n) is 12.0. The first-order valence-corrected chi connectivity index (χ1v) is 13.7. The summed E-state index contributed by atoms with van der Waals surface area (Å²) >= 11 is 9.66. The summed E-state index contributed by atoms with van der Waals surface area (Å²) in [4.78, 5) is 34.0. The maximum absolute atomic E-state index is 13.4. The Balaban J connectivity index is 1.41. The van der Waals surface area contributed by atoms with Gasteiger partial charge in [-0.1, -0.05) is 23.2 Å². The number of allylic oxidation sites excluding steroid dienone is 2. The van der Waals surface area contributed by atoms with E-state index in [2.05, 4.69) is 20.8 Å². The van der Waals surface area contributed by atoms with Gasteiger partial charge in [0.2, 0.25) is 5.88 Å². The van der Waals surface area contributed by atoms with Crippen LogP contribution in [-0.2, 0) is 20.3 Å². The molecule has 1 fully saturated rings. The Morgan fingerprint density at radius 2 is 2.05 bits per heavy atom. The highest BCUT2D eigenvalue weighted by molar-refractivity contribution is 7.74. The predicted molar refractivity (Wildman–Crippen MR) is 145 cm³/mol. The third-order valence-electron chi connectivity index (χ3n) is 6.54.